The van der Waals surface area contributed by atoms with Crippen LogP contribution < -0.4 is 5.32 Å². The van der Waals surface area contributed by atoms with E-state index in [9.17, 15) is 4.79 Å². The fourth-order valence-electron chi connectivity index (χ4n) is 3.58. The van der Waals surface area contributed by atoms with Crippen LogP contribution in [0.2, 0.25) is 0 Å². The molecule has 0 aliphatic carbocycles. The number of rotatable bonds is 7. The van der Waals surface area contributed by atoms with Crippen LogP contribution in [-0.2, 0) is 11.3 Å². The molecule has 1 N–H and O–H groups in total. The van der Waals surface area contributed by atoms with Crippen molar-refractivity contribution in [3.63, 3.8) is 0 Å². The van der Waals surface area contributed by atoms with Gasteiger partial charge in [-0.25, -0.2) is 9.97 Å². The summed E-state index contributed by atoms with van der Waals surface area (Å²) in [7, 11) is 0. The lowest BCUT2D eigenvalue weighted by molar-refractivity contribution is -0.113. The molecule has 0 radical (unpaired) electrons. The lowest BCUT2D eigenvalue weighted by Gasteiger charge is -2.14. The Hall–Kier alpha value is -2.70. The van der Waals surface area contributed by atoms with Crippen LogP contribution in [-0.4, -0.2) is 39.6 Å². The van der Waals surface area contributed by atoms with E-state index in [0.29, 0.717) is 5.16 Å². The predicted octanol–water partition coefficient (Wildman–Crippen LogP) is 4.78. The molecule has 2 heterocycles. The van der Waals surface area contributed by atoms with Crippen LogP contribution in [0.1, 0.15) is 24.1 Å². The lowest BCUT2D eigenvalue weighted by Crippen LogP contribution is -2.18. The number of likely N-dealkylation sites (tertiary alicyclic amines) is 1. The molecule has 4 rings (SSSR count). The van der Waals surface area contributed by atoms with Crippen LogP contribution >= 0.6 is 11.8 Å². The zero-order valence-corrected chi connectivity index (χ0v) is 18.0. The number of benzene rings is 2. The van der Waals surface area contributed by atoms with Gasteiger partial charge in [0.15, 0.2) is 5.16 Å². The summed E-state index contributed by atoms with van der Waals surface area (Å²) in [4.78, 5) is 23.9. The summed E-state index contributed by atoms with van der Waals surface area (Å²) < 4.78 is 0. The van der Waals surface area contributed by atoms with E-state index in [-0.39, 0.29) is 11.7 Å². The number of anilines is 1. The van der Waals surface area contributed by atoms with Crippen LogP contribution in [0.25, 0.3) is 11.3 Å². The molecule has 0 spiro atoms. The molecule has 1 amide bonds. The normalized spacial score (nSPS) is 14.0. The predicted molar refractivity (Wildman–Crippen MR) is 123 cm³/mol. The number of thioether (sulfide) groups is 1. The standard InChI is InChI=1S/C24H26N4OS/c1-18-15-22(20-7-3-2-4-8-20)27-24(25-18)30-17-23(29)26-21-11-9-19(10-12-21)16-28-13-5-6-14-28/h2-4,7-12,15H,5-6,13-14,16-17H2,1H3,(H,26,29). The largest absolute Gasteiger partial charge is 0.325 e. The van der Waals surface area contributed by atoms with E-state index in [2.05, 4.69) is 32.3 Å². The maximum absolute atomic E-state index is 12.4. The van der Waals surface area contributed by atoms with E-state index >= 15 is 0 Å². The number of carbonyl (C=O) groups is 1. The maximum atomic E-state index is 12.4. The van der Waals surface area contributed by atoms with Gasteiger partial charge in [0.25, 0.3) is 0 Å². The van der Waals surface area contributed by atoms with Crippen molar-refractivity contribution in [2.75, 3.05) is 24.2 Å². The Morgan fingerprint density at radius 2 is 1.77 bits per heavy atom. The van der Waals surface area contributed by atoms with Gasteiger partial charge >= 0.3 is 0 Å². The molecular weight excluding hydrogens is 392 g/mol. The molecule has 6 heteroatoms. The SMILES string of the molecule is Cc1cc(-c2ccccc2)nc(SCC(=O)Nc2ccc(CN3CCCC3)cc2)n1. The molecule has 1 fully saturated rings. The summed E-state index contributed by atoms with van der Waals surface area (Å²) in [5.41, 5.74) is 4.91. The van der Waals surface area contributed by atoms with Crippen LogP contribution in [0.3, 0.4) is 0 Å². The van der Waals surface area contributed by atoms with E-state index < -0.39 is 0 Å². The summed E-state index contributed by atoms with van der Waals surface area (Å²) >= 11 is 1.35. The highest BCUT2D eigenvalue weighted by Gasteiger charge is 2.12. The van der Waals surface area contributed by atoms with E-state index in [1.165, 1.54) is 43.3 Å². The first-order valence-corrected chi connectivity index (χ1v) is 11.3. The molecule has 3 aromatic rings. The monoisotopic (exact) mass is 418 g/mol. The van der Waals surface area contributed by atoms with Gasteiger partial charge in [0.05, 0.1) is 11.4 Å². The molecule has 0 atom stereocenters. The number of hydrogen-bond donors (Lipinski definition) is 1. The Morgan fingerprint density at radius 3 is 2.50 bits per heavy atom. The zero-order chi connectivity index (χ0) is 20.8. The second-order valence-electron chi connectivity index (χ2n) is 7.56. The van der Waals surface area contributed by atoms with Gasteiger partial charge < -0.3 is 5.32 Å². The molecule has 154 valence electrons. The van der Waals surface area contributed by atoms with Gasteiger partial charge in [-0.1, -0.05) is 54.2 Å². The van der Waals surface area contributed by atoms with E-state index in [1.807, 2.05) is 55.5 Å². The van der Waals surface area contributed by atoms with Crippen LogP contribution in [0.5, 0.6) is 0 Å². The molecule has 1 aliphatic heterocycles. The van der Waals surface area contributed by atoms with Crippen molar-refractivity contribution in [1.82, 2.24) is 14.9 Å². The second kappa shape index (κ2) is 9.87. The summed E-state index contributed by atoms with van der Waals surface area (Å²) in [5.74, 6) is 0.214. The average Bonchev–Trinajstić information content (AvgIpc) is 3.27. The number of hydrogen-bond acceptors (Lipinski definition) is 5. The Bertz CT molecular complexity index is 986. The Labute approximate surface area is 181 Å². The minimum atomic E-state index is -0.0568. The summed E-state index contributed by atoms with van der Waals surface area (Å²) in [5, 5.41) is 3.58. The van der Waals surface area contributed by atoms with Crippen LogP contribution in [0.4, 0.5) is 5.69 Å². The Balaban J connectivity index is 1.32. The average molecular weight is 419 g/mol. The smallest absolute Gasteiger partial charge is 0.234 e. The molecule has 5 nitrogen and oxygen atoms in total. The molecule has 0 bridgehead atoms. The van der Waals surface area contributed by atoms with Gasteiger partial charge in [0.2, 0.25) is 5.91 Å². The maximum Gasteiger partial charge on any atom is 0.234 e. The third-order valence-corrected chi connectivity index (χ3v) is 5.93. The summed E-state index contributed by atoms with van der Waals surface area (Å²) in [6, 6.07) is 20.1. The quantitative estimate of drug-likeness (QED) is 0.442. The van der Waals surface area contributed by atoms with E-state index in [0.717, 1.165) is 29.2 Å². The molecule has 0 saturated carbocycles. The molecular formula is C24H26N4OS. The van der Waals surface area contributed by atoms with Gasteiger partial charge in [0.1, 0.15) is 0 Å². The highest BCUT2D eigenvalue weighted by Crippen LogP contribution is 2.22. The molecule has 1 saturated heterocycles. The Kier molecular flexibility index (Phi) is 6.77. The van der Waals surface area contributed by atoms with Crippen LogP contribution in [0.15, 0.2) is 65.8 Å². The molecule has 30 heavy (non-hydrogen) atoms. The first-order valence-electron chi connectivity index (χ1n) is 10.3. The number of nitrogens with one attached hydrogen (secondary N) is 1. The summed E-state index contributed by atoms with van der Waals surface area (Å²) in [6.07, 6.45) is 2.59. The van der Waals surface area contributed by atoms with Gasteiger partial charge in [-0.05, 0) is 56.6 Å². The number of carbonyl (C=O) groups excluding carboxylic acids is 1. The van der Waals surface area contributed by atoms with E-state index in [4.69, 9.17) is 0 Å². The molecule has 2 aromatic carbocycles. The number of aromatic nitrogens is 2. The molecule has 1 aromatic heterocycles. The van der Waals surface area contributed by atoms with Crippen molar-refractivity contribution in [2.45, 2.75) is 31.5 Å². The van der Waals surface area contributed by atoms with E-state index in [1.54, 1.807) is 0 Å². The highest BCUT2D eigenvalue weighted by molar-refractivity contribution is 7.99. The molecule has 0 unspecified atom stereocenters. The van der Waals surface area contributed by atoms with Crippen molar-refractivity contribution in [3.8, 4) is 11.3 Å². The van der Waals surface area contributed by atoms with Crippen molar-refractivity contribution in [2.24, 2.45) is 0 Å². The second-order valence-corrected chi connectivity index (χ2v) is 8.50. The fraction of sp³-hybridized carbons (Fsp3) is 0.292. The number of aryl methyl sites for hydroxylation is 1. The Morgan fingerprint density at radius 1 is 1.03 bits per heavy atom. The first-order chi connectivity index (χ1) is 14.7. The third-order valence-electron chi connectivity index (χ3n) is 5.08. The number of nitrogens with zero attached hydrogens (tertiary/aromatic N) is 3. The van der Waals surface area contributed by atoms with Crippen molar-refractivity contribution < 1.29 is 4.79 Å². The van der Waals surface area contributed by atoms with Gasteiger partial charge in [0, 0.05) is 23.5 Å². The van der Waals surface area contributed by atoms with Crippen LogP contribution in [0, 0.1) is 6.92 Å². The van der Waals surface area contributed by atoms with Crippen molar-refractivity contribution >= 4 is 23.4 Å². The lowest BCUT2D eigenvalue weighted by atomic mass is 10.1. The van der Waals surface area contributed by atoms with Gasteiger partial charge in [-0.3, -0.25) is 9.69 Å². The topological polar surface area (TPSA) is 58.1 Å². The first kappa shape index (κ1) is 20.6. The van der Waals surface area contributed by atoms with Gasteiger partial charge in [-0.15, -0.1) is 0 Å². The highest BCUT2D eigenvalue weighted by atomic mass is 32.2. The summed E-state index contributed by atoms with van der Waals surface area (Å²) in [6.45, 7) is 5.30. The zero-order valence-electron chi connectivity index (χ0n) is 17.2. The van der Waals surface area contributed by atoms with Crippen molar-refractivity contribution in [3.05, 3.63) is 71.9 Å². The minimum Gasteiger partial charge on any atom is -0.325 e. The van der Waals surface area contributed by atoms with Crippen molar-refractivity contribution in [1.29, 1.82) is 0 Å². The third kappa shape index (κ3) is 5.68. The number of amides is 1. The minimum absolute atomic E-state index is 0.0568. The molecule has 1 aliphatic rings. The fourth-order valence-corrected chi connectivity index (χ4v) is 4.29. The van der Waals surface area contributed by atoms with Gasteiger partial charge in [-0.2, -0.15) is 0 Å².